The summed E-state index contributed by atoms with van der Waals surface area (Å²) in [5, 5.41) is 11.4. The van der Waals surface area contributed by atoms with E-state index in [0.29, 0.717) is 37.5 Å². The standard InChI is InChI=1S/C29H28BrNO5/c1-19-17-23(36-18-20-7-4-3-5-8-20)13-14-24(19)27(32)25-26(21-9-11-22(30)12-10-21)31(15-6-16-35-2)29(34)28(25)33/h3-5,7-14,17,26,32H,6,15-16,18H2,1-2H3/t26-/m1/s1. The molecule has 0 spiro atoms. The molecule has 4 rings (SSSR count). The second-order valence-electron chi connectivity index (χ2n) is 8.64. The van der Waals surface area contributed by atoms with Crippen LogP contribution in [0.5, 0.6) is 5.75 Å². The number of amides is 1. The van der Waals surface area contributed by atoms with Gasteiger partial charge in [0, 0.05) is 30.3 Å². The van der Waals surface area contributed by atoms with E-state index in [-0.39, 0.29) is 11.3 Å². The highest BCUT2D eigenvalue weighted by Gasteiger charge is 2.45. The molecule has 6 nitrogen and oxygen atoms in total. The van der Waals surface area contributed by atoms with Crippen LogP contribution in [0.2, 0.25) is 0 Å². The van der Waals surface area contributed by atoms with Gasteiger partial charge in [-0.2, -0.15) is 0 Å². The first-order chi connectivity index (χ1) is 17.4. The number of Topliss-reactive ketones (excluding diaryl/α,β-unsaturated/α-hetero) is 1. The Morgan fingerprint density at radius 3 is 2.42 bits per heavy atom. The Labute approximate surface area is 219 Å². The average Bonchev–Trinajstić information content (AvgIpc) is 3.13. The molecule has 0 aromatic heterocycles. The molecule has 1 N–H and O–H groups in total. The van der Waals surface area contributed by atoms with Crippen LogP contribution in [0.25, 0.3) is 5.76 Å². The molecule has 0 aliphatic carbocycles. The van der Waals surface area contributed by atoms with Gasteiger partial charge in [-0.05, 0) is 60.4 Å². The van der Waals surface area contributed by atoms with Crippen molar-refractivity contribution in [1.82, 2.24) is 4.90 Å². The van der Waals surface area contributed by atoms with Crippen LogP contribution < -0.4 is 4.74 Å². The van der Waals surface area contributed by atoms with E-state index in [0.717, 1.165) is 21.2 Å². The molecule has 7 heteroatoms. The van der Waals surface area contributed by atoms with Gasteiger partial charge in [0.05, 0.1) is 11.6 Å². The molecule has 1 amide bonds. The van der Waals surface area contributed by atoms with Gasteiger partial charge in [-0.3, -0.25) is 9.59 Å². The number of likely N-dealkylation sites (tertiary alicyclic amines) is 1. The monoisotopic (exact) mass is 549 g/mol. The number of aliphatic hydroxyl groups excluding tert-OH is 1. The number of benzene rings is 3. The Morgan fingerprint density at radius 1 is 1.03 bits per heavy atom. The highest BCUT2D eigenvalue weighted by atomic mass is 79.9. The molecule has 0 unspecified atom stereocenters. The number of halogens is 1. The number of carbonyl (C=O) groups is 2. The summed E-state index contributed by atoms with van der Waals surface area (Å²) in [6.45, 7) is 3.05. The molecule has 3 aromatic rings. The van der Waals surface area contributed by atoms with E-state index >= 15 is 0 Å². The van der Waals surface area contributed by atoms with Crippen molar-refractivity contribution in [1.29, 1.82) is 0 Å². The summed E-state index contributed by atoms with van der Waals surface area (Å²) in [4.78, 5) is 27.7. The molecular formula is C29H28BrNO5. The van der Waals surface area contributed by atoms with E-state index < -0.39 is 17.7 Å². The smallest absolute Gasteiger partial charge is 0.295 e. The van der Waals surface area contributed by atoms with Crippen molar-refractivity contribution in [3.8, 4) is 5.75 Å². The topological polar surface area (TPSA) is 76.1 Å². The van der Waals surface area contributed by atoms with Gasteiger partial charge in [0.15, 0.2) is 0 Å². The number of methoxy groups -OCH3 is 1. The van der Waals surface area contributed by atoms with Crippen molar-refractivity contribution >= 4 is 33.4 Å². The normalized spacial score (nSPS) is 17.0. The van der Waals surface area contributed by atoms with Crippen molar-refractivity contribution < 1.29 is 24.2 Å². The summed E-state index contributed by atoms with van der Waals surface area (Å²) in [5.74, 6) is -0.859. The predicted octanol–water partition coefficient (Wildman–Crippen LogP) is 5.79. The van der Waals surface area contributed by atoms with Gasteiger partial charge in [-0.15, -0.1) is 0 Å². The van der Waals surface area contributed by atoms with Gasteiger partial charge in [0.1, 0.15) is 18.1 Å². The minimum absolute atomic E-state index is 0.0841. The fourth-order valence-corrected chi connectivity index (χ4v) is 4.62. The summed E-state index contributed by atoms with van der Waals surface area (Å²) in [6.07, 6.45) is 0.572. The lowest BCUT2D eigenvalue weighted by atomic mass is 9.94. The number of carbonyl (C=O) groups excluding carboxylic acids is 2. The second kappa shape index (κ2) is 11.5. The van der Waals surface area contributed by atoms with E-state index in [1.54, 1.807) is 19.2 Å². The van der Waals surface area contributed by atoms with E-state index in [1.165, 1.54) is 4.90 Å². The second-order valence-corrected chi connectivity index (χ2v) is 9.56. The van der Waals surface area contributed by atoms with E-state index in [9.17, 15) is 14.7 Å². The molecule has 1 aliphatic rings. The fraction of sp³-hybridized carbons (Fsp3) is 0.241. The summed E-state index contributed by atoms with van der Waals surface area (Å²) in [5.41, 5.74) is 3.10. The number of nitrogens with zero attached hydrogens (tertiary/aromatic N) is 1. The van der Waals surface area contributed by atoms with Crippen LogP contribution in [-0.2, 0) is 20.9 Å². The Bertz CT molecular complexity index is 1270. The molecule has 3 aromatic carbocycles. The molecule has 0 bridgehead atoms. The summed E-state index contributed by atoms with van der Waals surface area (Å²) in [6, 6.07) is 21.9. The number of aliphatic hydroxyl groups is 1. The number of hydrogen-bond donors (Lipinski definition) is 1. The lowest BCUT2D eigenvalue weighted by molar-refractivity contribution is -0.140. The zero-order chi connectivity index (χ0) is 25.7. The Balaban J connectivity index is 1.68. The van der Waals surface area contributed by atoms with Crippen molar-refractivity contribution in [2.75, 3.05) is 20.3 Å². The molecule has 1 atom stereocenters. The van der Waals surface area contributed by atoms with E-state index in [2.05, 4.69) is 15.9 Å². The lowest BCUT2D eigenvalue weighted by Crippen LogP contribution is -2.31. The number of ether oxygens (including phenoxy) is 2. The van der Waals surface area contributed by atoms with Gasteiger partial charge >= 0.3 is 0 Å². The third kappa shape index (κ3) is 5.53. The summed E-state index contributed by atoms with van der Waals surface area (Å²) >= 11 is 3.43. The maximum absolute atomic E-state index is 13.2. The minimum Gasteiger partial charge on any atom is -0.507 e. The Hall–Kier alpha value is -3.42. The maximum atomic E-state index is 13.2. The molecule has 186 valence electrons. The third-order valence-corrected chi connectivity index (χ3v) is 6.70. The van der Waals surface area contributed by atoms with Crippen LogP contribution in [-0.4, -0.2) is 42.0 Å². The number of hydrogen-bond acceptors (Lipinski definition) is 5. The van der Waals surface area contributed by atoms with Gasteiger partial charge in [-0.1, -0.05) is 58.4 Å². The van der Waals surface area contributed by atoms with Gasteiger partial charge in [-0.25, -0.2) is 0 Å². The molecule has 0 radical (unpaired) electrons. The van der Waals surface area contributed by atoms with Crippen molar-refractivity contribution in [3.05, 3.63) is 105 Å². The largest absolute Gasteiger partial charge is 0.507 e. The third-order valence-electron chi connectivity index (χ3n) is 6.17. The van der Waals surface area contributed by atoms with Crippen molar-refractivity contribution in [2.45, 2.75) is 26.0 Å². The van der Waals surface area contributed by atoms with Crippen LogP contribution >= 0.6 is 15.9 Å². The van der Waals surface area contributed by atoms with E-state index in [1.807, 2.05) is 67.6 Å². The molecule has 1 heterocycles. The summed E-state index contributed by atoms with van der Waals surface area (Å²) in [7, 11) is 1.59. The Morgan fingerprint density at radius 2 is 1.75 bits per heavy atom. The maximum Gasteiger partial charge on any atom is 0.295 e. The zero-order valence-electron chi connectivity index (χ0n) is 20.2. The number of aryl methyl sites for hydroxylation is 1. The molecule has 36 heavy (non-hydrogen) atoms. The van der Waals surface area contributed by atoms with Crippen molar-refractivity contribution in [3.63, 3.8) is 0 Å². The highest BCUT2D eigenvalue weighted by molar-refractivity contribution is 9.10. The Kier molecular flexibility index (Phi) is 8.23. The number of rotatable bonds is 9. The average molecular weight is 550 g/mol. The zero-order valence-corrected chi connectivity index (χ0v) is 21.8. The highest BCUT2D eigenvalue weighted by Crippen LogP contribution is 2.40. The van der Waals surface area contributed by atoms with Crippen LogP contribution in [0.4, 0.5) is 0 Å². The predicted molar refractivity (Wildman–Crippen MR) is 142 cm³/mol. The molecule has 1 aliphatic heterocycles. The minimum atomic E-state index is -0.693. The lowest BCUT2D eigenvalue weighted by Gasteiger charge is -2.25. The fourth-order valence-electron chi connectivity index (χ4n) is 4.36. The van der Waals surface area contributed by atoms with Crippen LogP contribution in [0.1, 0.15) is 34.7 Å². The van der Waals surface area contributed by atoms with Gasteiger partial charge in [0.25, 0.3) is 11.7 Å². The first-order valence-electron chi connectivity index (χ1n) is 11.7. The first-order valence-corrected chi connectivity index (χ1v) is 12.5. The molecule has 1 fully saturated rings. The molecule has 1 saturated heterocycles. The molecular weight excluding hydrogens is 522 g/mol. The van der Waals surface area contributed by atoms with Crippen molar-refractivity contribution in [2.24, 2.45) is 0 Å². The molecule has 0 saturated carbocycles. The SMILES string of the molecule is COCCCN1C(=O)C(=O)C(=C(O)c2ccc(OCc3ccccc3)cc2C)[C@H]1c1ccc(Br)cc1. The van der Waals surface area contributed by atoms with Crippen LogP contribution in [0.3, 0.4) is 0 Å². The number of ketones is 1. The quantitative estimate of drug-likeness (QED) is 0.158. The first kappa shape index (κ1) is 25.7. The van der Waals surface area contributed by atoms with Gasteiger partial charge in [0.2, 0.25) is 0 Å². The summed E-state index contributed by atoms with van der Waals surface area (Å²) < 4.78 is 11.9. The van der Waals surface area contributed by atoms with Gasteiger partial charge < -0.3 is 19.5 Å². The van der Waals surface area contributed by atoms with Crippen LogP contribution in [0.15, 0.2) is 82.8 Å². The van der Waals surface area contributed by atoms with E-state index in [4.69, 9.17) is 9.47 Å². The van der Waals surface area contributed by atoms with Crippen LogP contribution in [0, 0.1) is 6.92 Å².